The minimum absolute atomic E-state index is 0.649. The molecule has 0 saturated heterocycles. The Labute approximate surface area is 194 Å². The van der Waals surface area contributed by atoms with Crippen LogP contribution < -0.4 is 9.47 Å². The second kappa shape index (κ2) is 7.95. The summed E-state index contributed by atoms with van der Waals surface area (Å²) >= 11 is 3.59. The summed E-state index contributed by atoms with van der Waals surface area (Å²) in [6, 6.07) is 18.5. The van der Waals surface area contributed by atoms with Gasteiger partial charge in [-0.15, -0.1) is 0 Å². The normalized spacial score (nSPS) is 11.3. The highest BCUT2D eigenvalue weighted by molar-refractivity contribution is 9.10. The SMILES string of the molecule is COc1cc2ncc3c(-c4cccc(Br)c4)nn(-c4ccc(C)c(C)c4)c3c2cc1OC. The number of ether oxygens (including phenoxy) is 2. The molecular weight excluding hydrogens is 466 g/mol. The van der Waals surface area contributed by atoms with Gasteiger partial charge in [0.25, 0.3) is 0 Å². The Morgan fingerprint density at radius 2 is 1.62 bits per heavy atom. The van der Waals surface area contributed by atoms with Crippen LogP contribution in [-0.2, 0) is 0 Å². The van der Waals surface area contributed by atoms with Gasteiger partial charge < -0.3 is 9.47 Å². The van der Waals surface area contributed by atoms with E-state index in [-0.39, 0.29) is 0 Å². The van der Waals surface area contributed by atoms with Gasteiger partial charge in [-0.1, -0.05) is 34.1 Å². The van der Waals surface area contributed by atoms with Crippen LogP contribution in [0.3, 0.4) is 0 Å². The number of methoxy groups -OCH3 is 2. The monoisotopic (exact) mass is 487 g/mol. The van der Waals surface area contributed by atoms with Crippen LogP contribution in [0, 0.1) is 13.8 Å². The number of hydrogen-bond acceptors (Lipinski definition) is 4. The van der Waals surface area contributed by atoms with E-state index in [9.17, 15) is 0 Å². The van der Waals surface area contributed by atoms with Gasteiger partial charge in [0.15, 0.2) is 11.5 Å². The maximum atomic E-state index is 5.59. The molecule has 0 saturated carbocycles. The van der Waals surface area contributed by atoms with Crippen molar-refractivity contribution in [1.82, 2.24) is 14.8 Å². The van der Waals surface area contributed by atoms with Crippen molar-refractivity contribution in [2.24, 2.45) is 0 Å². The van der Waals surface area contributed by atoms with E-state index in [1.54, 1.807) is 14.2 Å². The number of halogens is 1. The van der Waals surface area contributed by atoms with Crippen LogP contribution >= 0.6 is 15.9 Å². The molecule has 0 unspecified atom stereocenters. The molecule has 3 aromatic carbocycles. The maximum absolute atomic E-state index is 5.59. The van der Waals surface area contributed by atoms with Crippen molar-refractivity contribution in [3.8, 4) is 28.4 Å². The van der Waals surface area contributed by atoms with Crippen LogP contribution in [0.1, 0.15) is 11.1 Å². The Bertz CT molecular complexity index is 1490. The fraction of sp³-hybridized carbons (Fsp3) is 0.154. The fourth-order valence-corrected chi connectivity index (χ4v) is 4.40. The summed E-state index contributed by atoms with van der Waals surface area (Å²) in [6.07, 6.45) is 1.89. The standard InChI is InChI=1S/C26H22BrN3O2/c1-15-8-9-19(10-16(15)2)30-26-20-12-23(31-3)24(32-4)13-22(20)28-14-21(26)25(29-30)17-6-5-7-18(27)11-17/h5-14H,1-4H3. The number of fused-ring (bicyclic) bond motifs is 3. The van der Waals surface area contributed by atoms with Gasteiger partial charge in [-0.2, -0.15) is 5.10 Å². The molecule has 0 fully saturated rings. The third-order valence-corrected chi connectivity index (χ3v) is 6.34. The van der Waals surface area contributed by atoms with Crippen LogP contribution in [-0.4, -0.2) is 29.0 Å². The molecule has 6 heteroatoms. The highest BCUT2D eigenvalue weighted by Crippen LogP contribution is 2.38. The van der Waals surface area contributed by atoms with Gasteiger partial charge in [-0.05, 0) is 55.3 Å². The van der Waals surface area contributed by atoms with Gasteiger partial charge >= 0.3 is 0 Å². The van der Waals surface area contributed by atoms with Crippen LogP contribution in [0.4, 0.5) is 0 Å². The van der Waals surface area contributed by atoms with Gasteiger partial charge in [0.2, 0.25) is 0 Å². The number of nitrogens with zero attached hydrogens (tertiary/aromatic N) is 3. The quantitative estimate of drug-likeness (QED) is 0.285. The van der Waals surface area contributed by atoms with Crippen molar-refractivity contribution in [1.29, 1.82) is 0 Å². The van der Waals surface area contributed by atoms with E-state index in [1.807, 2.05) is 35.1 Å². The number of rotatable bonds is 4. The summed E-state index contributed by atoms with van der Waals surface area (Å²) in [5, 5.41) is 7.00. The van der Waals surface area contributed by atoms with Crippen molar-refractivity contribution in [2.75, 3.05) is 14.2 Å². The molecule has 0 spiro atoms. The molecule has 5 aromatic rings. The minimum atomic E-state index is 0.649. The zero-order valence-electron chi connectivity index (χ0n) is 18.3. The first-order valence-electron chi connectivity index (χ1n) is 10.3. The van der Waals surface area contributed by atoms with Crippen molar-refractivity contribution in [3.05, 3.63) is 76.4 Å². The number of pyridine rings is 1. The summed E-state index contributed by atoms with van der Waals surface area (Å²) < 4.78 is 14.1. The van der Waals surface area contributed by atoms with E-state index in [2.05, 4.69) is 60.1 Å². The number of benzene rings is 3. The molecule has 2 heterocycles. The Morgan fingerprint density at radius 3 is 2.34 bits per heavy atom. The predicted octanol–water partition coefficient (Wildman–Crippen LogP) is 6.64. The molecule has 0 bridgehead atoms. The third kappa shape index (κ3) is 3.31. The lowest BCUT2D eigenvalue weighted by Gasteiger charge is -2.11. The van der Waals surface area contributed by atoms with E-state index in [4.69, 9.17) is 19.6 Å². The highest BCUT2D eigenvalue weighted by atomic mass is 79.9. The van der Waals surface area contributed by atoms with Crippen LogP contribution in [0.5, 0.6) is 11.5 Å². The van der Waals surface area contributed by atoms with Gasteiger partial charge in [0.1, 0.15) is 5.69 Å². The molecule has 0 radical (unpaired) electrons. The lowest BCUT2D eigenvalue weighted by atomic mass is 10.1. The Hall–Kier alpha value is -3.38. The maximum Gasteiger partial charge on any atom is 0.162 e. The molecule has 0 aliphatic carbocycles. The van der Waals surface area contributed by atoms with Crippen LogP contribution in [0.25, 0.3) is 38.8 Å². The molecular formula is C26H22BrN3O2. The van der Waals surface area contributed by atoms with E-state index in [0.717, 1.165) is 43.2 Å². The average molecular weight is 488 g/mol. The molecule has 0 aliphatic heterocycles. The van der Waals surface area contributed by atoms with Crippen LogP contribution in [0.15, 0.2) is 65.3 Å². The van der Waals surface area contributed by atoms with Gasteiger partial charge in [-0.3, -0.25) is 4.98 Å². The number of aryl methyl sites for hydroxylation is 2. The largest absolute Gasteiger partial charge is 0.493 e. The minimum Gasteiger partial charge on any atom is -0.493 e. The second-order valence-electron chi connectivity index (χ2n) is 7.78. The van der Waals surface area contributed by atoms with Gasteiger partial charge in [0.05, 0.1) is 30.9 Å². The highest BCUT2D eigenvalue weighted by Gasteiger charge is 2.19. The van der Waals surface area contributed by atoms with Crippen molar-refractivity contribution < 1.29 is 9.47 Å². The summed E-state index contributed by atoms with van der Waals surface area (Å²) in [6.45, 7) is 4.23. The van der Waals surface area contributed by atoms with E-state index in [1.165, 1.54) is 11.1 Å². The summed E-state index contributed by atoms with van der Waals surface area (Å²) in [7, 11) is 3.28. The summed E-state index contributed by atoms with van der Waals surface area (Å²) in [4.78, 5) is 4.74. The average Bonchev–Trinajstić information content (AvgIpc) is 3.20. The molecule has 2 aromatic heterocycles. The van der Waals surface area contributed by atoms with E-state index >= 15 is 0 Å². The second-order valence-corrected chi connectivity index (χ2v) is 8.70. The first-order valence-corrected chi connectivity index (χ1v) is 11.1. The molecule has 32 heavy (non-hydrogen) atoms. The van der Waals surface area contributed by atoms with E-state index < -0.39 is 0 Å². The molecule has 0 atom stereocenters. The Balaban J connectivity index is 1.91. The Kier molecular flexibility index (Phi) is 5.10. The van der Waals surface area contributed by atoms with E-state index in [0.29, 0.717) is 11.5 Å². The zero-order valence-corrected chi connectivity index (χ0v) is 19.9. The molecule has 5 rings (SSSR count). The van der Waals surface area contributed by atoms with Crippen LogP contribution in [0.2, 0.25) is 0 Å². The number of hydrogen-bond donors (Lipinski definition) is 0. The predicted molar refractivity (Wildman–Crippen MR) is 132 cm³/mol. The number of aromatic nitrogens is 3. The summed E-state index contributed by atoms with van der Waals surface area (Å²) in [5.41, 5.74) is 7.16. The van der Waals surface area contributed by atoms with Gasteiger partial charge in [-0.25, -0.2) is 4.68 Å². The lowest BCUT2D eigenvalue weighted by Crippen LogP contribution is -1.99. The Morgan fingerprint density at radius 1 is 0.844 bits per heavy atom. The van der Waals surface area contributed by atoms with Crippen molar-refractivity contribution in [2.45, 2.75) is 13.8 Å². The third-order valence-electron chi connectivity index (χ3n) is 5.84. The lowest BCUT2D eigenvalue weighted by molar-refractivity contribution is 0.356. The molecule has 5 nitrogen and oxygen atoms in total. The fourth-order valence-electron chi connectivity index (χ4n) is 4.00. The van der Waals surface area contributed by atoms with Crippen molar-refractivity contribution >= 4 is 37.7 Å². The first kappa shape index (κ1) is 20.5. The smallest absolute Gasteiger partial charge is 0.162 e. The first-order chi connectivity index (χ1) is 15.5. The molecule has 0 N–H and O–H groups in total. The molecule has 0 aliphatic rings. The topological polar surface area (TPSA) is 49.2 Å². The summed E-state index contributed by atoms with van der Waals surface area (Å²) in [5.74, 6) is 1.31. The zero-order chi connectivity index (χ0) is 22.4. The van der Waals surface area contributed by atoms with Gasteiger partial charge in [0, 0.05) is 33.1 Å². The van der Waals surface area contributed by atoms with Crippen molar-refractivity contribution in [3.63, 3.8) is 0 Å². The molecule has 0 amide bonds. The molecule has 160 valence electrons.